The molecule has 0 saturated heterocycles. The summed E-state index contributed by atoms with van der Waals surface area (Å²) >= 11 is 0. The van der Waals surface area contributed by atoms with Crippen LogP contribution in [0, 0.1) is 0 Å². The fourth-order valence-corrected chi connectivity index (χ4v) is 10.5. The zero-order valence-electron chi connectivity index (χ0n) is 34.2. The lowest BCUT2D eigenvalue weighted by atomic mass is 9.68. The molecule has 1 aromatic heterocycles. The van der Waals surface area contributed by atoms with Gasteiger partial charge in [0.05, 0.1) is 5.41 Å². The molecule has 1 spiro atoms. The summed E-state index contributed by atoms with van der Waals surface area (Å²) in [4.78, 5) is 15.6. The van der Waals surface area contributed by atoms with Gasteiger partial charge in [-0.05, 0) is 113 Å². The third-order valence-electron chi connectivity index (χ3n) is 13.0. The predicted octanol–water partition coefficient (Wildman–Crippen LogP) is 14.8. The van der Waals surface area contributed by atoms with Gasteiger partial charge in [0.1, 0.15) is 0 Å². The lowest BCUT2D eigenvalue weighted by Crippen LogP contribution is -2.27. The quantitative estimate of drug-likeness (QED) is 0.158. The van der Waals surface area contributed by atoms with Crippen LogP contribution in [0.4, 0.5) is 0 Å². The van der Waals surface area contributed by atoms with Crippen LogP contribution in [0.3, 0.4) is 0 Å². The third kappa shape index (κ3) is 5.15. The molecule has 1 unspecified atom stereocenters. The lowest BCUT2D eigenvalue weighted by molar-refractivity contribution is 0.795. The van der Waals surface area contributed by atoms with Crippen molar-refractivity contribution >= 4 is 37.9 Å². The van der Waals surface area contributed by atoms with Gasteiger partial charge in [0.2, 0.25) is 0 Å². The first-order chi connectivity index (χ1) is 30.7. The first-order valence-corrected chi connectivity index (χ1v) is 21.3. The maximum Gasteiger partial charge on any atom is 0.164 e. The van der Waals surface area contributed by atoms with Crippen LogP contribution in [0.5, 0.6) is 0 Å². The number of rotatable bonds is 6. The van der Waals surface area contributed by atoms with E-state index in [1.807, 2.05) is 36.4 Å². The Morgan fingerprint density at radius 3 is 1.65 bits per heavy atom. The Balaban J connectivity index is 1.18. The van der Waals surface area contributed by atoms with Gasteiger partial charge < -0.3 is 0 Å². The molecule has 0 bridgehead atoms. The molecule has 290 valence electrons. The predicted molar refractivity (Wildman–Crippen MR) is 258 cm³/mol. The Labute approximate surface area is 360 Å². The monoisotopic (exact) mass is 789 g/mol. The van der Waals surface area contributed by atoms with Crippen molar-refractivity contribution in [3.63, 3.8) is 0 Å². The zero-order valence-corrected chi connectivity index (χ0v) is 34.2. The summed E-state index contributed by atoms with van der Waals surface area (Å²) in [7, 11) is 0. The van der Waals surface area contributed by atoms with Crippen LogP contribution in [0.1, 0.15) is 29.2 Å². The normalized spacial score (nSPS) is 15.2. The van der Waals surface area contributed by atoms with Crippen molar-refractivity contribution in [2.45, 2.75) is 12.3 Å². The molecule has 3 heteroatoms. The van der Waals surface area contributed by atoms with Gasteiger partial charge in [-0.2, -0.15) is 0 Å². The summed E-state index contributed by atoms with van der Waals surface area (Å²) in [6.07, 6.45) is 6.55. The highest BCUT2D eigenvalue weighted by Crippen LogP contribution is 2.65. The third-order valence-corrected chi connectivity index (χ3v) is 13.0. The summed E-state index contributed by atoms with van der Waals surface area (Å²) in [5.74, 6) is 1.90. The number of benzene rings is 9. The second-order valence-electron chi connectivity index (χ2n) is 16.2. The molecule has 10 aromatic rings. The first-order valence-electron chi connectivity index (χ1n) is 21.3. The van der Waals surface area contributed by atoms with E-state index in [1.165, 1.54) is 66.1 Å². The van der Waals surface area contributed by atoms with Gasteiger partial charge in [0, 0.05) is 16.7 Å². The Hall–Kier alpha value is -8.01. The maximum atomic E-state index is 5.27. The Morgan fingerprint density at radius 2 is 0.984 bits per heavy atom. The van der Waals surface area contributed by atoms with E-state index in [0.29, 0.717) is 17.5 Å². The summed E-state index contributed by atoms with van der Waals surface area (Å²) in [5.41, 5.74) is 14.3. The van der Waals surface area contributed by atoms with Crippen LogP contribution < -0.4 is 0 Å². The molecular formula is C59H39N3. The van der Waals surface area contributed by atoms with E-state index in [-0.39, 0.29) is 0 Å². The van der Waals surface area contributed by atoms with Gasteiger partial charge in [-0.1, -0.05) is 195 Å². The van der Waals surface area contributed by atoms with Crippen LogP contribution in [0.15, 0.2) is 218 Å². The van der Waals surface area contributed by atoms with E-state index in [2.05, 4.69) is 183 Å². The molecular weight excluding hydrogens is 751 g/mol. The highest BCUT2D eigenvalue weighted by molar-refractivity contribution is 6.20. The fraction of sp³-hybridized carbons (Fsp3) is 0.0339. The largest absolute Gasteiger partial charge is 0.208 e. The van der Waals surface area contributed by atoms with Gasteiger partial charge in [0.25, 0.3) is 0 Å². The molecule has 0 fully saturated rings. The van der Waals surface area contributed by atoms with E-state index < -0.39 is 5.41 Å². The minimum Gasteiger partial charge on any atom is -0.208 e. The number of hydrogen-bond donors (Lipinski definition) is 0. The van der Waals surface area contributed by atoms with Crippen LogP contribution in [0.2, 0.25) is 0 Å². The molecule has 9 aromatic carbocycles. The van der Waals surface area contributed by atoms with Crippen molar-refractivity contribution in [3.05, 3.63) is 241 Å². The van der Waals surface area contributed by atoms with Crippen molar-refractivity contribution in [2.75, 3.05) is 0 Å². The molecule has 0 radical (unpaired) electrons. The molecule has 0 N–H and O–H groups in total. The highest BCUT2D eigenvalue weighted by Gasteiger charge is 2.53. The van der Waals surface area contributed by atoms with Crippen LogP contribution in [-0.4, -0.2) is 15.0 Å². The summed E-state index contributed by atoms with van der Waals surface area (Å²) in [6.45, 7) is 6.69. The molecule has 1 atom stereocenters. The minimum atomic E-state index is -0.636. The number of fused-ring (bicyclic) bond motifs is 13. The SMILES string of the molecule is C=CC1=C(/C=C\C)c2ccc(-c3cc4ccccc4cc3-c3nc(-c4ccccc4)nc(-c4ccccc4)n3)cc2C12c1ccccc1-c1c2c2ccccc2c2ccccc12. The number of nitrogens with zero attached hydrogens (tertiary/aromatic N) is 3. The fourth-order valence-electron chi connectivity index (χ4n) is 10.5. The molecule has 3 nitrogen and oxygen atoms in total. The topological polar surface area (TPSA) is 38.7 Å². The van der Waals surface area contributed by atoms with Crippen molar-refractivity contribution in [3.8, 4) is 56.4 Å². The number of allylic oxidation sites excluding steroid dienone is 5. The molecule has 2 aliphatic rings. The lowest BCUT2D eigenvalue weighted by Gasteiger charge is -2.33. The van der Waals surface area contributed by atoms with E-state index in [0.717, 1.165) is 38.6 Å². The van der Waals surface area contributed by atoms with Crippen molar-refractivity contribution in [1.29, 1.82) is 0 Å². The second kappa shape index (κ2) is 14.0. The summed E-state index contributed by atoms with van der Waals surface area (Å²) < 4.78 is 0. The van der Waals surface area contributed by atoms with Gasteiger partial charge in [-0.15, -0.1) is 0 Å². The Kier molecular flexibility index (Phi) is 8.13. The summed E-state index contributed by atoms with van der Waals surface area (Å²) in [6, 6.07) is 67.5. The van der Waals surface area contributed by atoms with E-state index in [4.69, 9.17) is 15.0 Å². The molecule has 62 heavy (non-hydrogen) atoms. The van der Waals surface area contributed by atoms with Crippen LogP contribution in [-0.2, 0) is 5.41 Å². The average molecular weight is 790 g/mol. The van der Waals surface area contributed by atoms with Gasteiger partial charge >= 0.3 is 0 Å². The van der Waals surface area contributed by atoms with Crippen molar-refractivity contribution in [1.82, 2.24) is 15.0 Å². The maximum absolute atomic E-state index is 5.27. The van der Waals surface area contributed by atoms with Crippen molar-refractivity contribution in [2.24, 2.45) is 0 Å². The number of hydrogen-bond acceptors (Lipinski definition) is 3. The molecule has 0 aliphatic heterocycles. The van der Waals surface area contributed by atoms with E-state index in [9.17, 15) is 0 Å². The number of aromatic nitrogens is 3. The molecule has 0 amide bonds. The first kappa shape index (κ1) is 35.9. The Morgan fingerprint density at radius 1 is 0.435 bits per heavy atom. The van der Waals surface area contributed by atoms with Crippen LogP contribution in [0.25, 0.3) is 94.3 Å². The van der Waals surface area contributed by atoms with Gasteiger partial charge in [0.15, 0.2) is 17.5 Å². The zero-order chi connectivity index (χ0) is 41.4. The minimum absolute atomic E-state index is 0.627. The van der Waals surface area contributed by atoms with E-state index in [1.54, 1.807) is 0 Å². The molecule has 0 saturated carbocycles. The standard InChI is InChI=1S/C59H39N3/c1-3-19-44-45-33-32-41(36-53(45)59(51(44)4-2)52-31-18-17-30-48(52)54-46-28-15-13-26-42(46)43-27-14-16-29-47(43)55(54)59)49-34-39-24-11-12-25-40(39)35-50(49)58-61-56(37-20-7-5-8-21-37)60-57(62-58)38-22-9-6-10-23-38/h3-36H,2H2,1H3/b19-3-. The van der Waals surface area contributed by atoms with Gasteiger partial charge in [-0.25, -0.2) is 15.0 Å². The molecule has 12 rings (SSSR count). The smallest absolute Gasteiger partial charge is 0.164 e. The molecule has 2 aliphatic carbocycles. The Bertz CT molecular complexity index is 3490. The summed E-state index contributed by atoms with van der Waals surface area (Å²) in [5, 5.41) is 7.31. The average Bonchev–Trinajstić information content (AvgIpc) is 3.80. The van der Waals surface area contributed by atoms with Crippen LogP contribution >= 0.6 is 0 Å². The molecule has 1 heterocycles. The van der Waals surface area contributed by atoms with Gasteiger partial charge in [-0.3, -0.25) is 0 Å². The highest BCUT2D eigenvalue weighted by atomic mass is 15.0. The second-order valence-corrected chi connectivity index (χ2v) is 16.2. The van der Waals surface area contributed by atoms with Crippen molar-refractivity contribution < 1.29 is 0 Å². The van der Waals surface area contributed by atoms with E-state index >= 15 is 0 Å².